The van der Waals surface area contributed by atoms with E-state index in [1.807, 2.05) is 70.0 Å². The van der Waals surface area contributed by atoms with E-state index in [0.29, 0.717) is 55.8 Å². The van der Waals surface area contributed by atoms with Gasteiger partial charge in [-0.2, -0.15) is 5.26 Å². The summed E-state index contributed by atoms with van der Waals surface area (Å²) >= 11 is 0. The molecule has 0 aromatic heterocycles. The fraction of sp³-hybridized carbons (Fsp3) is 0.676. The molecule has 25 heteroatoms. The van der Waals surface area contributed by atoms with Gasteiger partial charge >= 0.3 is 12.1 Å². The SMILES string of the molecule is CC[C@H](C)[C@@H]([C@@H](CC(=O)N1CCC[C@H]1[C@H](OC)[C@@H](C)C(=O)N[C@H](C#N)Cc1ccccc1)OC)N(C)C(=O)[C@@H](NC(=O)[C@H](C(C)C)N(C)C(=O)OCc1ccc(NC(=O)[C@H](CCCNC(N)=O)NC(=O)[C@@H](NC(=O)CN(C)CC2CCN(C)CC2)C(C)C)cc1)C(C)C. The Morgan fingerprint density at radius 3 is 1.95 bits per heavy atom. The average Bonchev–Trinajstić information content (AvgIpc) is 1.83. The van der Waals surface area contributed by atoms with Gasteiger partial charge < -0.3 is 66.5 Å². The number of hydrogen-bond acceptors (Lipinski definition) is 15. The first-order chi connectivity index (χ1) is 44.0. The van der Waals surface area contributed by atoms with Gasteiger partial charge in [0.05, 0.1) is 49.2 Å². The first-order valence-electron chi connectivity index (χ1n) is 33.0. The molecule has 2 aliphatic rings. The highest BCUT2D eigenvalue weighted by Gasteiger charge is 2.44. The topological polar surface area (TPSA) is 320 Å². The van der Waals surface area contributed by atoms with Crippen LogP contribution < -0.4 is 37.6 Å². The maximum Gasteiger partial charge on any atom is 0.410 e. The molecule has 4 rings (SSSR count). The van der Waals surface area contributed by atoms with E-state index in [1.54, 1.807) is 75.7 Å². The van der Waals surface area contributed by atoms with Gasteiger partial charge in [0.1, 0.15) is 36.8 Å². The minimum absolute atomic E-state index is 0.0893. The predicted octanol–water partition coefficient (Wildman–Crippen LogP) is 4.88. The number of likely N-dealkylation sites (tertiary alicyclic amines) is 2. The molecular formula is C68H109N13O12. The molecule has 8 N–H and O–H groups in total. The monoisotopic (exact) mass is 1300 g/mol. The van der Waals surface area contributed by atoms with Gasteiger partial charge in [-0.3, -0.25) is 43.4 Å². The number of nitrogens with one attached hydrogen (secondary N) is 6. The molecular weight excluding hydrogens is 1190 g/mol. The average molecular weight is 1300 g/mol. The largest absolute Gasteiger partial charge is 0.445 e. The van der Waals surface area contributed by atoms with Gasteiger partial charge in [0.25, 0.3) is 0 Å². The standard InChI is InChI=1S/C68H109N13O12/c1-16-45(8)60(54(91-14)37-56(83)81-33-21-25-53(81)61(92-15)46(9)62(84)73-51(38-69)36-47-22-18-17-19-23-47)79(12)66(88)58(43(4)5)76-65(87)59(44(6)7)80(13)68(90)93-41-49-26-28-50(29-27-49)72-63(85)52(24-20-32-71-67(70)89)74-64(86)57(42(2)3)75-55(82)40-78(11)39-48-30-34-77(10)35-31-48/h17-19,22-23,26-29,42-46,48,51-54,57-61H,16,20-21,24-25,30-37,39-41H2,1-15H3,(H,72,85)(H,73,84)(H,74,86)(H,75,82)(H,76,87)(H3,70,71,89)/t45-,46+,51-,52-,53-,54+,57-,58-,59-,60-,61+/m0/s1. The normalized spacial score (nSPS) is 17.7. The fourth-order valence-corrected chi connectivity index (χ4v) is 12.6. The van der Waals surface area contributed by atoms with Crippen LogP contribution in [0.5, 0.6) is 0 Å². The lowest BCUT2D eigenvalue weighted by molar-refractivity contribution is -0.148. The van der Waals surface area contributed by atoms with Gasteiger partial charge in [-0.1, -0.05) is 111 Å². The van der Waals surface area contributed by atoms with E-state index in [9.17, 15) is 48.4 Å². The summed E-state index contributed by atoms with van der Waals surface area (Å²) in [5.74, 6) is -4.55. The summed E-state index contributed by atoms with van der Waals surface area (Å²) in [5, 5.41) is 26.8. The Morgan fingerprint density at radius 2 is 1.38 bits per heavy atom. The number of hydrogen-bond donors (Lipinski definition) is 7. The second-order valence-corrected chi connectivity index (χ2v) is 26.5. The van der Waals surface area contributed by atoms with Crippen LogP contribution in [0.3, 0.4) is 0 Å². The van der Waals surface area contributed by atoms with E-state index in [2.05, 4.69) is 49.9 Å². The van der Waals surface area contributed by atoms with Crippen LogP contribution in [-0.2, 0) is 60.8 Å². The van der Waals surface area contributed by atoms with Crippen LogP contribution in [0.1, 0.15) is 125 Å². The number of rotatable bonds is 36. The number of nitrogens with zero attached hydrogens (tertiary/aromatic N) is 6. The zero-order valence-electron chi connectivity index (χ0n) is 57.8. The van der Waals surface area contributed by atoms with E-state index < -0.39 is 108 Å². The van der Waals surface area contributed by atoms with Gasteiger partial charge in [0.2, 0.25) is 41.4 Å². The summed E-state index contributed by atoms with van der Waals surface area (Å²) < 4.78 is 17.8. The molecule has 518 valence electrons. The summed E-state index contributed by atoms with van der Waals surface area (Å²) in [5.41, 5.74) is 7.10. The van der Waals surface area contributed by atoms with Crippen molar-refractivity contribution >= 4 is 59.2 Å². The number of carbonyl (C=O) groups is 9. The van der Waals surface area contributed by atoms with Crippen molar-refractivity contribution in [1.82, 2.24) is 51.1 Å². The zero-order valence-corrected chi connectivity index (χ0v) is 57.8. The molecule has 2 aromatic rings. The number of amides is 10. The number of nitriles is 1. The highest BCUT2D eigenvalue weighted by Crippen LogP contribution is 2.30. The Bertz CT molecular complexity index is 2780. The van der Waals surface area contributed by atoms with Crippen molar-refractivity contribution in [3.05, 3.63) is 65.7 Å². The second-order valence-electron chi connectivity index (χ2n) is 26.5. The summed E-state index contributed by atoms with van der Waals surface area (Å²) in [6.07, 6.45) is 2.39. The summed E-state index contributed by atoms with van der Waals surface area (Å²) in [4.78, 5) is 132. The summed E-state index contributed by atoms with van der Waals surface area (Å²) in [7, 11) is 10.1. The van der Waals surface area contributed by atoms with Gasteiger partial charge in [-0.25, -0.2) is 9.59 Å². The molecule has 10 amide bonds. The maximum absolute atomic E-state index is 14.8. The molecule has 2 aromatic carbocycles. The predicted molar refractivity (Wildman–Crippen MR) is 355 cm³/mol. The lowest BCUT2D eigenvalue weighted by Crippen LogP contribution is -2.60. The van der Waals surface area contributed by atoms with Crippen LogP contribution in [0.25, 0.3) is 0 Å². The van der Waals surface area contributed by atoms with Crippen LogP contribution in [0.4, 0.5) is 15.3 Å². The van der Waals surface area contributed by atoms with Gasteiger partial charge in [0.15, 0.2) is 0 Å². The van der Waals surface area contributed by atoms with Gasteiger partial charge in [0, 0.05) is 60.1 Å². The Hall–Kier alpha value is -7.40. The number of methoxy groups -OCH3 is 2. The van der Waals surface area contributed by atoms with Crippen molar-refractivity contribution in [1.29, 1.82) is 5.26 Å². The van der Waals surface area contributed by atoms with Crippen LogP contribution in [-0.4, -0.2) is 214 Å². The lowest BCUT2D eigenvalue weighted by atomic mass is 9.89. The maximum atomic E-state index is 14.8. The van der Waals surface area contributed by atoms with Gasteiger partial charge in [-0.05, 0) is 119 Å². The van der Waals surface area contributed by atoms with Gasteiger partial charge in [-0.15, -0.1) is 0 Å². The number of anilines is 1. The molecule has 2 heterocycles. The molecule has 0 bridgehead atoms. The number of ether oxygens (including phenoxy) is 3. The molecule has 2 aliphatic heterocycles. The van der Waals surface area contributed by atoms with E-state index in [4.69, 9.17) is 19.9 Å². The third kappa shape index (κ3) is 24.1. The minimum atomic E-state index is -1.07. The molecule has 0 saturated carbocycles. The van der Waals surface area contributed by atoms with Crippen molar-refractivity contribution in [3.63, 3.8) is 0 Å². The lowest BCUT2D eigenvalue weighted by Gasteiger charge is -2.41. The van der Waals surface area contributed by atoms with Crippen LogP contribution in [0, 0.1) is 46.8 Å². The molecule has 25 nitrogen and oxygen atoms in total. The summed E-state index contributed by atoms with van der Waals surface area (Å²) in [6, 6.07) is 11.4. The number of nitrogens with two attached hydrogens (primary N) is 1. The van der Waals surface area contributed by atoms with Crippen molar-refractivity contribution in [2.24, 2.45) is 41.2 Å². The highest BCUT2D eigenvalue weighted by atomic mass is 16.6. The number of piperidine rings is 1. The van der Waals surface area contributed by atoms with Crippen LogP contribution in [0.15, 0.2) is 54.6 Å². The molecule has 93 heavy (non-hydrogen) atoms. The Morgan fingerprint density at radius 1 is 0.731 bits per heavy atom. The van der Waals surface area contributed by atoms with Crippen LogP contribution >= 0.6 is 0 Å². The third-order valence-electron chi connectivity index (χ3n) is 18.1. The van der Waals surface area contributed by atoms with Crippen molar-refractivity contribution < 1.29 is 57.4 Å². The van der Waals surface area contributed by atoms with E-state index in [0.717, 1.165) is 38.0 Å². The fourth-order valence-electron chi connectivity index (χ4n) is 12.6. The smallest absolute Gasteiger partial charge is 0.410 e. The van der Waals surface area contributed by atoms with Crippen LogP contribution in [0.2, 0.25) is 0 Å². The Labute approximate surface area is 552 Å². The number of urea groups is 1. The van der Waals surface area contributed by atoms with E-state index >= 15 is 0 Å². The van der Waals surface area contributed by atoms with Crippen molar-refractivity contribution in [3.8, 4) is 6.07 Å². The first-order valence-corrected chi connectivity index (χ1v) is 33.0. The van der Waals surface area contributed by atoms with Crippen molar-refractivity contribution in [2.45, 2.75) is 181 Å². The molecule has 11 atom stereocenters. The zero-order chi connectivity index (χ0) is 69.2. The Kier molecular flexibility index (Phi) is 32.5. The molecule has 2 fully saturated rings. The number of benzene rings is 2. The second kappa shape index (κ2) is 38.7. The Balaban J connectivity index is 1.39. The molecule has 0 spiro atoms. The number of likely N-dealkylation sites (N-methyl/N-ethyl adjacent to an activating group) is 3. The first kappa shape index (κ1) is 78.0. The minimum Gasteiger partial charge on any atom is -0.445 e. The number of primary amides is 1. The summed E-state index contributed by atoms with van der Waals surface area (Å²) in [6.45, 7) is 19.7. The number of carbonyl (C=O) groups excluding carboxylic acids is 9. The van der Waals surface area contributed by atoms with E-state index in [-0.39, 0.29) is 62.1 Å². The molecule has 2 saturated heterocycles. The van der Waals surface area contributed by atoms with E-state index in [1.165, 1.54) is 26.2 Å². The van der Waals surface area contributed by atoms with Crippen molar-refractivity contribution in [2.75, 3.05) is 87.0 Å². The molecule has 0 radical (unpaired) electrons. The third-order valence-corrected chi connectivity index (χ3v) is 18.1. The molecule has 0 aliphatic carbocycles. The quantitative estimate of drug-likeness (QED) is 0.0447. The highest BCUT2D eigenvalue weighted by molar-refractivity contribution is 5.98. The molecule has 0 unspecified atom stereocenters.